The normalized spacial score (nSPS) is 12.4. The van der Waals surface area contributed by atoms with Gasteiger partial charge in [-0.2, -0.15) is 5.10 Å². The Hall–Kier alpha value is -3.88. The summed E-state index contributed by atoms with van der Waals surface area (Å²) < 4.78 is 7.77. The first-order valence-electron chi connectivity index (χ1n) is 10.4. The Bertz CT molecular complexity index is 1190. The molecule has 0 atom stereocenters. The minimum atomic E-state index is -0.216. The van der Waals surface area contributed by atoms with Crippen molar-refractivity contribution in [3.05, 3.63) is 53.0 Å². The summed E-state index contributed by atoms with van der Waals surface area (Å²) in [6.07, 6.45) is 3.19. The maximum absolute atomic E-state index is 12.5. The average Bonchev–Trinajstić information content (AvgIpc) is 3.45. The number of aldehydes is 1. The van der Waals surface area contributed by atoms with Crippen molar-refractivity contribution in [1.82, 2.24) is 19.7 Å². The summed E-state index contributed by atoms with van der Waals surface area (Å²) in [5.74, 6) is 0.421. The Balaban J connectivity index is 1.41. The van der Waals surface area contributed by atoms with E-state index in [0.29, 0.717) is 43.7 Å². The number of hydrogen-bond donors (Lipinski definition) is 2. The number of rotatable bonds is 8. The molecule has 3 aromatic rings. The summed E-state index contributed by atoms with van der Waals surface area (Å²) in [5.41, 5.74) is 5.11. The fourth-order valence-electron chi connectivity index (χ4n) is 3.96. The van der Waals surface area contributed by atoms with Crippen LogP contribution in [0.5, 0.6) is 5.88 Å². The van der Waals surface area contributed by atoms with E-state index in [0.717, 1.165) is 28.1 Å². The molecular weight excluding hydrogens is 410 g/mol. The molecule has 4 rings (SSSR count). The summed E-state index contributed by atoms with van der Waals surface area (Å²) in [4.78, 5) is 39.6. The van der Waals surface area contributed by atoms with Gasteiger partial charge in [0.15, 0.2) is 6.29 Å². The molecule has 32 heavy (non-hydrogen) atoms. The number of nitrogens with one attached hydrogen (secondary N) is 2. The van der Waals surface area contributed by atoms with Gasteiger partial charge in [0.2, 0.25) is 11.8 Å². The second-order valence-electron chi connectivity index (χ2n) is 7.84. The van der Waals surface area contributed by atoms with Crippen molar-refractivity contribution in [1.29, 1.82) is 0 Å². The van der Waals surface area contributed by atoms with Crippen LogP contribution in [0.4, 0.5) is 5.69 Å². The molecule has 0 radical (unpaired) electrons. The second-order valence-corrected chi connectivity index (χ2v) is 7.84. The van der Waals surface area contributed by atoms with E-state index >= 15 is 0 Å². The molecule has 2 N–H and O–H groups in total. The molecule has 0 bridgehead atoms. The van der Waals surface area contributed by atoms with Crippen molar-refractivity contribution in [3.63, 3.8) is 0 Å². The molecule has 1 aliphatic heterocycles. The molecule has 0 aliphatic carbocycles. The zero-order chi connectivity index (χ0) is 22.8. The lowest BCUT2D eigenvalue weighted by atomic mass is 10.0. The number of fused-ring (bicyclic) bond motifs is 1. The Kier molecular flexibility index (Phi) is 5.81. The Morgan fingerprint density at radius 2 is 2.16 bits per heavy atom. The van der Waals surface area contributed by atoms with Crippen molar-refractivity contribution >= 4 is 23.8 Å². The first kappa shape index (κ1) is 21.4. The van der Waals surface area contributed by atoms with E-state index in [4.69, 9.17) is 4.74 Å². The van der Waals surface area contributed by atoms with Crippen LogP contribution in [0.1, 0.15) is 38.5 Å². The first-order valence-corrected chi connectivity index (χ1v) is 10.4. The van der Waals surface area contributed by atoms with Crippen LogP contribution in [0.3, 0.4) is 0 Å². The average molecular weight is 435 g/mol. The number of aromatic nitrogens is 3. The highest BCUT2D eigenvalue weighted by Gasteiger charge is 2.22. The molecule has 0 unspecified atom stereocenters. The molecule has 1 aliphatic rings. The Morgan fingerprint density at radius 1 is 1.34 bits per heavy atom. The predicted octanol–water partition coefficient (Wildman–Crippen LogP) is 2.57. The number of ether oxygens (including phenoxy) is 1. The summed E-state index contributed by atoms with van der Waals surface area (Å²) in [6, 6.07) is 7.46. The minimum Gasteiger partial charge on any atom is -0.477 e. The maximum atomic E-state index is 12.5. The van der Waals surface area contributed by atoms with Gasteiger partial charge in [0, 0.05) is 32.5 Å². The smallest absolute Gasteiger partial charge is 0.255 e. The molecule has 0 fully saturated rings. The standard InChI is InChI=1S/C23H25N5O4/c1-14-21(15-5-6-18-16(11-15)12-20(30)25-18)23(28(3)26-14)32-10-4-9-27(2)22(31)17-7-8-24-19(17)13-29/h5-8,11,13,24H,4,9-10,12H2,1-3H3,(H,25,30). The van der Waals surface area contributed by atoms with Gasteiger partial charge in [-0.15, -0.1) is 0 Å². The van der Waals surface area contributed by atoms with Crippen LogP contribution in [0, 0.1) is 6.92 Å². The number of carbonyl (C=O) groups excluding carboxylic acids is 3. The number of benzene rings is 1. The predicted molar refractivity (Wildman–Crippen MR) is 119 cm³/mol. The zero-order valence-electron chi connectivity index (χ0n) is 18.3. The summed E-state index contributed by atoms with van der Waals surface area (Å²) >= 11 is 0. The molecule has 9 heteroatoms. The first-order chi connectivity index (χ1) is 15.4. The third-order valence-corrected chi connectivity index (χ3v) is 5.54. The Labute approximate surface area is 185 Å². The maximum Gasteiger partial charge on any atom is 0.255 e. The van der Waals surface area contributed by atoms with Crippen LogP contribution in [0.2, 0.25) is 0 Å². The van der Waals surface area contributed by atoms with Gasteiger partial charge in [0.25, 0.3) is 5.91 Å². The SMILES string of the molecule is Cc1nn(C)c(OCCCN(C)C(=O)c2cc[nH]c2C=O)c1-c1ccc2c(c1)CC(=O)N2. The van der Waals surface area contributed by atoms with Crippen LogP contribution in [0.15, 0.2) is 30.5 Å². The number of aryl methyl sites for hydroxylation is 2. The number of nitrogens with zero attached hydrogens (tertiary/aromatic N) is 3. The molecule has 2 aromatic heterocycles. The van der Waals surface area contributed by atoms with Crippen molar-refractivity contribution in [3.8, 4) is 17.0 Å². The third kappa shape index (κ3) is 4.01. The van der Waals surface area contributed by atoms with E-state index in [9.17, 15) is 14.4 Å². The van der Waals surface area contributed by atoms with Crippen molar-refractivity contribution in [2.24, 2.45) is 7.05 Å². The number of aromatic amines is 1. The van der Waals surface area contributed by atoms with E-state index in [1.165, 1.54) is 0 Å². The summed E-state index contributed by atoms with van der Waals surface area (Å²) in [5, 5.41) is 7.34. The van der Waals surface area contributed by atoms with Crippen molar-refractivity contribution in [2.75, 3.05) is 25.5 Å². The van der Waals surface area contributed by atoms with Crippen LogP contribution >= 0.6 is 0 Å². The van der Waals surface area contributed by atoms with Gasteiger partial charge in [0.1, 0.15) is 0 Å². The lowest BCUT2D eigenvalue weighted by Crippen LogP contribution is -2.29. The van der Waals surface area contributed by atoms with Crippen LogP contribution in [0.25, 0.3) is 11.1 Å². The highest BCUT2D eigenvalue weighted by molar-refractivity contribution is 6.01. The van der Waals surface area contributed by atoms with E-state index < -0.39 is 0 Å². The summed E-state index contributed by atoms with van der Waals surface area (Å²) in [7, 11) is 3.52. The van der Waals surface area contributed by atoms with Gasteiger partial charge in [-0.05, 0) is 42.7 Å². The van der Waals surface area contributed by atoms with E-state index in [2.05, 4.69) is 15.4 Å². The summed E-state index contributed by atoms with van der Waals surface area (Å²) in [6.45, 7) is 2.79. The van der Waals surface area contributed by atoms with Gasteiger partial charge < -0.3 is 19.9 Å². The lowest BCUT2D eigenvalue weighted by Gasteiger charge is -2.17. The molecule has 1 aromatic carbocycles. The quantitative estimate of drug-likeness (QED) is 0.418. The molecule has 9 nitrogen and oxygen atoms in total. The number of amides is 2. The highest BCUT2D eigenvalue weighted by atomic mass is 16.5. The molecule has 166 valence electrons. The fraction of sp³-hybridized carbons (Fsp3) is 0.304. The number of anilines is 1. The monoisotopic (exact) mass is 435 g/mol. The minimum absolute atomic E-state index is 0.00454. The molecule has 0 saturated heterocycles. The van der Waals surface area contributed by atoms with E-state index in [1.807, 2.05) is 32.2 Å². The van der Waals surface area contributed by atoms with Gasteiger partial charge in [0.05, 0.1) is 35.5 Å². The lowest BCUT2D eigenvalue weighted by molar-refractivity contribution is -0.115. The number of H-pyrrole nitrogens is 1. The zero-order valence-corrected chi connectivity index (χ0v) is 18.3. The number of carbonyl (C=O) groups is 3. The van der Waals surface area contributed by atoms with Gasteiger partial charge in [-0.25, -0.2) is 4.68 Å². The molecule has 0 spiro atoms. The van der Waals surface area contributed by atoms with Gasteiger partial charge >= 0.3 is 0 Å². The van der Waals surface area contributed by atoms with Gasteiger partial charge in [-0.1, -0.05) is 6.07 Å². The highest BCUT2D eigenvalue weighted by Crippen LogP contribution is 2.36. The fourth-order valence-corrected chi connectivity index (χ4v) is 3.96. The van der Waals surface area contributed by atoms with Crippen LogP contribution in [-0.4, -0.2) is 58.0 Å². The molecule has 3 heterocycles. The molecular formula is C23H25N5O4. The topological polar surface area (TPSA) is 109 Å². The second kappa shape index (κ2) is 8.70. The van der Waals surface area contributed by atoms with Crippen LogP contribution in [-0.2, 0) is 18.3 Å². The molecule has 0 saturated carbocycles. The third-order valence-electron chi connectivity index (χ3n) is 5.54. The van der Waals surface area contributed by atoms with E-state index in [1.54, 1.807) is 28.9 Å². The van der Waals surface area contributed by atoms with Gasteiger partial charge in [-0.3, -0.25) is 14.4 Å². The molecule has 2 amide bonds. The Morgan fingerprint density at radius 3 is 2.94 bits per heavy atom. The van der Waals surface area contributed by atoms with Crippen LogP contribution < -0.4 is 10.1 Å². The van der Waals surface area contributed by atoms with Crippen molar-refractivity contribution < 1.29 is 19.1 Å². The van der Waals surface area contributed by atoms with E-state index in [-0.39, 0.29) is 17.5 Å². The van der Waals surface area contributed by atoms with Crippen molar-refractivity contribution in [2.45, 2.75) is 19.8 Å². The largest absolute Gasteiger partial charge is 0.477 e. The number of hydrogen-bond acceptors (Lipinski definition) is 5.